The second-order valence-electron chi connectivity index (χ2n) is 7.41. The Bertz CT molecular complexity index is 1370. The van der Waals surface area contributed by atoms with Gasteiger partial charge in [0.25, 0.3) is 5.91 Å². The van der Waals surface area contributed by atoms with Crippen LogP contribution in [0, 0.1) is 33.2 Å². The molecule has 0 saturated carbocycles. The van der Waals surface area contributed by atoms with Gasteiger partial charge in [0, 0.05) is 16.3 Å². The smallest absolute Gasteiger partial charge is 0.266 e. The highest BCUT2D eigenvalue weighted by atomic mass is 127. The summed E-state index contributed by atoms with van der Waals surface area (Å²) in [5.74, 6) is 0.450. The Balaban J connectivity index is 1.87. The lowest BCUT2D eigenvalue weighted by Crippen LogP contribution is -2.13. The van der Waals surface area contributed by atoms with E-state index in [1.807, 2.05) is 32.0 Å². The number of carbonyl (C=O) groups is 1. The van der Waals surface area contributed by atoms with Crippen LogP contribution in [0.5, 0.6) is 11.5 Å². The number of benzene rings is 3. The van der Waals surface area contributed by atoms with Crippen molar-refractivity contribution >= 4 is 51.9 Å². The van der Waals surface area contributed by atoms with Crippen molar-refractivity contribution < 1.29 is 14.3 Å². The van der Waals surface area contributed by atoms with Crippen LogP contribution in [-0.2, 0) is 11.4 Å². The molecule has 0 radical (unpaired) electrons. The molecule has 0 aliphatic carbocycles. The number of amides is 1. The van der Waals surface area contributed by atoms with Crippen LogP contribution in [0.4, 0.5) is 5.69 Å². The maximum absolute atomic E-state index is 12.7. The molecule has 176 valence electrons. The predicted octanol–water partition coefficient (Wildman–Crippen LogP) is 6.65. The Hall–Kier alpha value is -3.53. The van der Waals surface area contributed by atoms with E-state index in [0.717, 1.165) is 14.7 Å². The summed E-state index contributed by atoms with van der Waals surface area (Å²) in [7, 11) is 0. The van der Waals surface area contributed by atoms with E-state index in [9.17, 15) is 15.3 Å². The van der Waals surface area contributed by atoms with Gasteiger partial charge >= 0.3 is 0 Å². The molecule has 3 aromatic rings. The third-order valence-electron chi connectivity index (χ3n) is 4.95. The van der Waals surface area contributed by atoms with Gasteiger partial charge in [-0.05, 0) is 84.0 Å². The summed E-state index contributed by atoms with van der Waals surface area (Å²) in [5, 5.41) is 22.1. The van der Waals surface area contributed by atoms with E-state index in [-0.39, 0.29) is 12.2 Å². The maximum Gasteiger partial charge on any atom is 0.266 e. The molecule has 0 spiro atoms. The van der Waals surface area contributed by atoms with Crippen LogP contribution in [0.15, 0.2) is 60.2 Å². The lowest BCUT2D eigenvalue weighted by Gasteiger charge is -2.15. The minimum absolute atomic E-state index is 0.0726. The normalized spacial score (nSPS) is 10.7. The fourth-order valence-electron chi connectivity index (χ4n) is 3.16. The highest BCUT2D eigenvalue weighted by Crippen LogP contribution is 2.36. The molecular formula is C27H21ClIN3O3. The number of carbonyl (C=O) groups excluding carboxylic acids is 1. The van der Waals surface area contributed by atoms with Crippen LogP contribution in [0.3, 0.4) is 0 Å². The van der Waals surface area contributed by atoms with Gasteiger partial charge in [-0.1, -0.05) is 35.9 Å². The minimum atomic E-state index is -0.547. The maximum atomic E-state index is 12.7. The summed E-state index contributed by atoms with van der Waals surface area (Å²) < 4.78 is 12.5. The molecule has 0 aromatic heterocycles. The van der Waals surface area contributed by atoms with Crippen molar-refractivity contribution in [3.63, 3.8) is 0 Å². The van der Waals surface area contributed by atoms with E-state index in [0.29, 0.717) is 39.9 Å². The number of nitrogens with one attached hydrogen (secondary N) is 1. The highest BCUT2D eigenvalue weighted by Gasteiger charge is 2.15. The number of rotatable bonds is 8. The number of anilines is 1. The van der Waals surface area contributed by atoms with Crippen LogP contribution < -0.4 is 14.8 Å². The molecule has 0 saturated heterocycles. The minimum Gasteiger partial charge on any atom is -0.490 e. The predicted molar refractivity (Wildman–Crippen MR) is 144 cm³/mol. The number of hydrogen-bond acceptors (Lipinski definition) is 5. The first kappa shape index (κ1) is 26.1. The molecular weight excluding hydrogens is 577 g/mol. The lowest BCUT2D eigenvalue weighted by molar-refractivity contribution is -0.112. The number of hydrogen-bond donors (Lipinski definition) is 1. The summed E-state index contributed by atoms with van der Waals surface area (Å²) in [5.41, 5.74) is 3.22. The third-order valence-corrected chi connectivity index (χ3v) is 6.16. The van der Waals surface area contributed by atoms with Gasteiger partial charge in [-0.2, -0.15) is 10.5 Å². The molecule has 0 aliphatic heterocycles. The summed E-state index contributed by atoms with van der Waals surface area (Å²) in [6.07, 6.45) is 1.49. The third kappa shape index (κ3) is 6.75. The zero-order valence-electron chi connectivity index (χ0n) is 19.1. The number of ether oxygens (including phenoxy) is 2. The molecule has 3 rings (SSSR count). The van der Waals surface area contributed by atoms with Crippen molar-refractivity contribution in [2.75, 3.05) is 11.9 Å². The monoisotopic (exact) mass is 597 g/mol. The Morgan fingerprint density at radius 2 is 1.91 bits per heavy atom. The molecule has 0 atom stereocenters. The van der Waals surface area contributed by atoms with Crippen LogP contribution in [0.2, 0.25) is 5.02 Å². The Kier molecular flexibility index (Phi) is 9.13. The first-order chi connectivity index (χ1) is 16.9. The van der Waals surface area contributed by atoms with E-state index < -0.39 is 5.91 Å². The lowest BCUT2D eigenvalue weighted by atomic mass is 10.1. The van der Waals surface area contributed by atoms with Crippen molar-refractivity contribution in [2.24, 2.45) is 0 Å². The topological polar surface area (TPSA) is 95.1 Å². The number of halogens is 2. The molecule has 35 heavy (non-hydrogen) atoms. The second-order valence-corrected chi connectivity index (χ2v) is 8.98. The molecule has 0 heterocycles. The average molecular weight is 598 g/mol. The van der Waals surface area contributed by atoms with E-state index in [1.165, 1.54) is 6.08 Å². The van der Waals surface area contributed by atoms with Crippen molar-refractivity contribution in [3.8, 4) is 23.6 Å². The van der Waals surface area contributed by atoms with Gasteiger partial charge in [0.1, 0.15) is 18.2 Å². The molecule has 0 bridgehead atoms. The largest absolute Gasteiger partial charge is 0.490 e. The zero-order valence-corrected chi connectivity index (χ0v) is 22.0. The SMILES string of the molecule is CCOc1cc(/C=C(/C#N)C(=O)Nc2ccc(C)c(Cl)c2)cc(I)c1OCc1ccccc1C#N. The molecule has 1 N–H and O–H groups in total. The zero-order chi connectivity index (χ0) is 25.4. The summed E-state index contributed by atoms with van der Waals surface area (Å²) in [6.45, 7) is 4.31. The average Bonchev–Trinajstić information content (AvgIpc) is 2.84. The number of nitriles is 2. The van der Waals surface area contributed by atoms with Crippen LogP contribution in [0.25, 0.3) is 6.08 Å². The second kappa shape index (κ2) is 12.3. The van der Waals surface area contributed by atoms with Crippen LogP contribution in [-0.4, -0.2) is 12.5 Å². The first-order valence-electron chi connectivity index (χ1n) is 10.6. The summed E-state index contributed by atoms with van der Waals surface area (Å²) >= 11 is 8.24. The molecule has 6 nitrogen and oxygen atoms in total. The van der Waals surface area contributed by atoms with Gasteiger partial charge in [-0.3, -0.25) is 4.79 Å². The van der Waals surface area contributed by atoms with Crippen LogP contribution >= 0.6 is 34.2 Å². The first-order valence-corrected chi connectivity index (χ1v) is 12.1. The van der Waals surface area contributed by atoms with Gasteiger partial charge < -0.3 is 14.8 Å². The van der Waals surface area contributed by atoms with E-state index >= 15 is 0 Å². The standard InChI is InChI=1S/C27H21ClIN3O3/c1-3-34-25-12-18(10-21(15-31)27(33)32-22-9-8-17(2)23(28)13-22)11-24(29)26(25)35-16-20-7-5-4-6-19(20)14-30/h4-13H,3,16H2,1-2H3,(H,32,33)/b21-10-. The summed E-state index contributed by atoms with van der Waals surface area (Å²) in [6, 6.07) is 20.0. The molecule has 1 amide bonds. The van der Waals surface area contributed by atoms with Gasteiger partial charge in [0.2, 0.25) is 0 Å². The fraction of sp³-hybridized carbons (Fsp3) is 0.148. The van der Waals surface area contributed by atoms with Gasteiger partial charge in [-0.15, -0.1) is 0 Å². The highest BCUT2D eigenvalue weighted by molar-refractivity contribution is 14.1. The number of aryl methyl sites for hydroxylation is 1. The Morgan fingerprint density at radius 3 is 2.60 bits per heavy atom. The van der Waals surface area contributed by atoms with Gasteiger partial charge in [0.05, 0.1) is 21.8 Å². The van der Waals surface area contributed by atoms with Crippen molar-refractivity contribution in [2.45, 2.75) is 20.5 Å². The van der Waals surface area contributed by atoms with Crippen molar-refractivity contribution in [3.05, 3.63) is 91.0 Å². The molecule has 8 heteroatoms. The van der Waals surface area contributed by atoms with E-state index in [2.05, 4.69) is 34.0 Å². The van der Waals surface area contributed by atoms with Crippen molar-refractivity contribution in [1.82, 2.24) is 0 Å². The Morgan fingerprint density at radius 1 is 1.14 bits per heavy atom. The quantitative estimate of drug-likeness (QED) is 0.178. The van der Waals surface area contributed by atoms with Gasteiger partial charge in [0.15, 0.2) is 11.5 Å². The number of nitrogens with zero attached hydrogens (tertiary/aromatic N) is 2. The summed E-state index contributed by atoms with van der Waals surface area (Å²) in [4.78, 5) is 12.7. The van der Waals surface area contributed by atoms with Gasteiger partial charge in [-0.25, -0.2) is 0 Å². The van der Waals surface area contributed by atoms with Crippen molar-refractivity contribution in [1.29, 1.82) is 10.5 Å². The molecule has 0 unspecified atom stereocenters. The van der Waals surface area contributed by atoms with E-state index in [1.54, 1.807) is 42.5 Å². The molecule has 3 aromatic carbocycles. The fourth-order valence-corrected chi connectivity index (χ4v) is 4.13. The Labute approximate surface area is 222 Å². The molecule has 0 fully saturated rings. The van der Waals surface area contributed by atoms with E-state index in [4.69, 9.17) is 21.1 Å². The molecule has 0 aliphatic rings. The van der Waals surface area contributed by atoms with Crippen LogP contribution in [0.1, 0.15) is 29.2 Å².